The summed E-state index contributed by atoms with van der Waals surface area (Å²) in [7, 11) is 0. The van der Waals surface area contributed by atoms with Crippen LogP contribution in [0.1, 0.15) is 40.2 Å². The molecule has 0 saturated carbocycles. The Hall–Kier alpha value is -1.28. The van der Waals surface area contributed by atoms with Crippen LogP contribution < -0.4 is 0 Å². The second-order valence-electron chi connectivity index (χ2n) is 7.39. The Morgan fingerprint density at radius 1 is 1.20 bits per heavy atom. The third kappa shape index (κ3) is 2.37. The van der Waals surface area contributed by atoms with Crippen molar-refractivity contribution in [3.63, 3.8) is 0 Å². The van der Waals surface area contributed by atoms with Crippen molar-refractivity contribution in [1.82, 2.24) is 0 Å². The Morgan fingerprint density at radius 3 is 2.35 bits per heavy atom. The summed E-state index contributed by atoms with van der Waals surface area (Å²) >= 11 is 0. The van der Waals surface area contributed by atoms with Gasteiger partial charge in [-0.1, -0.05) is 65.0 Å². The fourth-order valence-corrected chi connectivity index (χ4v) is 3.22. The Kier molecular flexibility index (Phi) is 3.72. The molecule has 0 unspecified atom stereocenters. The molecule has 2 nitrogen and oxygen atoms in total. The van der Waals surface area contributed by atoms with Gasteiger partial charge in [0.05, 0.1) is 6.61 Å². The van der Waals surface area contributed by atoms with Gasteiger partial charge in [-0.2, -0.15) is 0 Å². The minimum absolute atomic E-state index is 0.268. The molecular weight excluding hydrogens is 248 g/mol. The van der Waals surface area contributed by atoms with Crippen LogP contribution in [0.3, 0.4) is 0 Å². The maximum Gasteiger partial charge on any atom is 0.134 e. The first kappa shape index (κ1) is 15.1. The average molecular weight is 274 g/mol. The topological polar surface area (TPSA) is 29.5 Å². The lowest BCUT2D eigenvalue weighted by molar-refractivity contribution is -0.0924. The van der Waals surface area contributed by atoms with Gasteiger partial charge in [0.1, 0.15) is 11.4 Å². The van der Waals surface area contributed by atoms with E-state index in [1.807, 2.05) is 24.3 Å². The maximum absolute atomic E-state index is 11.3. The summed E-state index contributed by atoms with van der Waals surface area (Å²) in [4.78, 5) is 0. The molecule has 20 heavy (non-hydrogen) atoms. The summed E-state index contributed by atoms with van der Waals surface area (Å²) in [6.45, 7) is 10.9. The fourth-order valence-electron chi connectivity index (χ4n) is 3.22. The number of allylic oxidation sites excluding steroid dienone is 1. The molecule has 110 valence electrons. The lowest BCUT2D eigenvalue weighted by Crippen LogP contribution is -2.52. The van der Waals surface area contributed by atoms with Crippen LogP contribution in [0.5, 0.6) is 0 Å². The Balaban J connectivity index is 2.32. The molecule has 1 fully saturated rings. The van der Waals surface area contributed by atoms with Crippen LogP contribution in [-0.4, -0.2) is 17.3 Å². The number of rotatable bonds is 2. The first-order valence-electron chi connectivity index (χ1n) is 7.28. The van der Waals surface area contributed by atoms with E-state index in [9.17, 15) is 5.11 Å². The predicted octanol–water partition coefficient (Wildman–Crippen LogP) is 3.95. The van der Waals surface area contributed by atoms with E-state index in [0.717, 1.165) is 12.2 Å². The number of hydrogen-bond donors (Lipinski definition) is 1. The van der Waals surface area contributed by atoms with E-state index < -0.39 is 5.60 Å². The van der Waals surface area contributed by atoms with Gasteiger partial charge < -0.3 is 9.84 Å². The van der Waals surface area contributed by atoms with Crippen molar-refractivity contribution < 1.29 is 9.84 Å². The van der Waals surface area contributed by atoms with Gasteiger partial charge >= 0.3 is 0 Å². The normalized spacial score (nSPS) is 27.6. The Morgan fingerprint density at radius 2 is 1.80 bits per heavy atom. The Bertz CT molecular complexity index is 494. The third-order valence-electron chi connectivity index (χ3n) is 4.38. The Labute approximate surface area is 122 Å². The van der Waals surface area contributed by atoms with Gasteiger partial charge in [0.2, 0.25) is 0 Å². The van der Waals surface area contributed by atoms with Gasteiger partial charge in [0, 0.05) is 5.41 Å². The molecule has 2 heteroatoms. The molecule has 1 aliphatic heterocycles. The summed E-state index contributed by atoms with van der Waals surface area (Å²) < 4.78 is 5.84. The van der Waals surface area contributed by atoms with E-state index in [4.69, 9.17) is 4.74 Å². The molecule has 0 radical (unpaired) electrons. The summed E-state index contributed by atoms with van der Waals surface area (Å²) in [6.07, 6.45) is 2.82. The molecule has 1 aliphatic rings. The predicted molar refractivity (Wildman–Crippen MR) is 82.4 cm³/mol. The first-order valence-corrected chi connectivity index (χ1v) is 7.28. The van der Waals surface area contributed by atoms with Crippen molar-refractivity contribution >= 4 is 0 Å². The number of aliphatic hydroxyl groups is 1. The van der Waals surface area contributed by atoms with E-state index in [2.05, 4.69) is 46.8 Å². The van der Waals surface area contributed by atoms with E-state index >= 15 is 0 Å². The molecule has 0 aromatic heterocycles. The minimum Gasteiger partial charge on any atom is -0.494 e. The highest BCUT2D eigenvalue weighted by molar-refractivity contribution is 5.27. The van der Waals surface area contributed by atoms with Crippen LogP contribution in [0.4, 0.5) is 0 Å². The molecule has 0 spiro atoms. The van der Waals surface area contributed by atoms with Crippen LogP contribution in [0, 0.1) is 10.8 Å². The second-order valence-corrected chi connectivity index (χ2v) is 7.39. The van der Waals surface area contributed by atoms with Gasteiger partial charge in [-0.3, -0.25) is 0 Å². The summed E-state index contributed by atoms with van der Waals surface area (Å²) in [5.74, 6) is 0.721. The molecule has 2 rings (SSSR count). The standard InChI is InChI=1S/C18H26O2/c1-16(2,3)18(19)15(20-13-17(18,4)5)12-11-14-9-7-6-8-10-14/h6-10,12,19H,11,13H2,1-5H3/b15-12-/t18-/m0/s1. The van der Waals surface area contributed by atoms with Crippen molar-refractivity contribution in [2.45, 2.75) is 46.6 Å². The third-order valence-corrected chi connectivity index (χ3v) is 4.38. The van der Waals surface area contributed by atoms with Crippen molar-refractivity contribution in [3.8, 4) is 0 Å². The monoisotopic (exact) mass is 274 g/mol. The van der Waals surface area contributed by atoms with Crippen LogP contribution in [-0.2, 0) is 11.2 Å². The number of benzene rings is 1. The summed E-state index contributed by atoms with van der Waals surface area (Å²) in [6, 6.07) is 10.3. The zero-order chi connectivity index (χ0) is 15.0. The molecule has 0 aliphatic carbocycles. The van der Waals surface area contributed by atoms with Crippen LogP contribution in [0.2, 0.25) is 0 Å². The highest BCUT2D eigenvalue weighted by Crippen LogP contribution is 2.53. The van der Waals surface area contributed by atoms with Gasteiger partial charge in [-0.25, -0.2) is 0 Å². The molecule has 1 heterocycles. The van der Waals surface area contributed by atoms with Gasteiger partial charge in [0.15, 0.2) is 0 Å². The van der Waals surface area contributed by atoms with Crippen LogP contribution in [0.25, 0.3) is 0 Å². The van der Waals surface area contributed by atoms with Crippen LogP contribution in [0.15, 0.2) is 42.2 Å². The van der Waals surface area contributed by atoms with Crippen molar-refractivity contribution in [2.24, 2.45) is 10.8 Å². The molecule has 0 amide bonds. The molecule has 1 atom stereocenters. The number of hydrogen-bond acceptors (Lipinski definition) is 2. The second kappa shape index (κ2) is 4.92. The number of ether oxygens (including phenoxy) is 1. The maximum atomic E-state index is 11.3. The average Bonchev–Trinajstić information content (AvgIpc) is 2.60. The van der Waals surface area contributed by atoms with Gasteiger partial charge in [-0.15, -0.1) is 0 Å². The van der Waals surface area contributed by atoms with Crippen molar-refractivity contribution in [3.05, 3.63) is 47.7 Å². The zero-order valence-electron chi connectivity index (χ0n) is 13.2. The molecule has 1 saturated heterocycles. The van der Waals surface area contributed by atoms with Crippen LogP contribution >= 0.6 is 0 Å². The van der Waals surface area contributed by atoms with Crippen molar-refractivity contribution in [2.75, 3.05) is 6.61 Å². The molecular formula is C18H26O2. The molecule has 1 aromatic carbocycles. The zero-order valence-corrected chi connectivity index (χ0v) is 13.2. The fraction of sp³-hybridized carbons (Fsp3) is 0.556. The van der Waals surface area contributed by atoms with E-state index in [0.29, 0.717) is 6.61 Å². The van der Waals surface area contributed by atoms with Crippen molar-refractivity contribution in [1.29, 1.82) is 0 Å². The lowest BCUT2D eigenvalue weighted by Gasteiger charge is -2.44. The van der Waals surface area contributed by atoms with Gasteiger partial charge in [-0.05, 0) is 23.5 Å². The minimum atomic E-state index is -0.936. The van der Waals surface area contributed by atoms with E-state index in [1.54, 1.807) is 0 Å². The molecule has 1 aromatic rings. The molecule has 1 N–H and O–H groups in total. The molecule has 0 bridgehead atoms. The summed E-state index contributed by atoms with van der Waals surface area (Å²) in [5, 5.41) is 11.3. The quantitative estimate of drug-likeness (QED) is 0.885. The lowest BCUT2D eigenvalue weighted by atomic mass is 9.62. The highest BCUT2D eigenvalue weighted by Gasteiger charge is 2.59. The van der Waals surface area contributed by atoms with E-state index in [-0.39, 0.29) is 10.8 Å². The highest BCUT2D eigenvalue weighted by atomic mass is 16.5. The summed E-state index contributed by atoms with van der Waals surface area (Å²) in [5.41, 5.74) is -0.262. The first-order chi connectivity index (χ1) is 9.18. The largest absolute Gasteiger partial charge is 0.494 e. The SMILES string of the molecule is CC(C)(C)[C@@]1(O)/C(=C/Cc2ccccc2)OCC1(C)C. The van der Waals surface area contributed by atoms with Gasteiger partial charge in [0.25, 0.3) is 0 Å². The van der Waals surface area contributed by atoms with E-state index in [1.165, 1.54) is 5.56 Å². The smallest absolute Gasteiger partial charge is 0.134 e.